The minimum atomic E-state index is 0.0191. The first kappa shape index (κ1) is 13.2. The maximum atomic E-state index is 11.9. The van der Waals surface area contributed by atoms with Gasteiger partial charge in [0.25, 0.3) is 0 Å². The van der Waals surface area contributed by atoms with E-state index in [0.29, 0.717) is 19.6 Å². The summed E-state index contributed by atoms with van der Waals surface area (Å²) in [4.78, 5) is 11.9. The van der Waals surface area contributed by atoms with E-state index in [1.54, 1.807) is 0 Å². The average molecular weight is 278 g/mol. The van der Waals surface area contributed by atoms with Crippen molar-refractivity contribution in [2.45, 2.75) is 19.0 Å². The summed E-state index contributed by atoms with van der Waals surface area (Å²) in [6.45, 7) is 2.87. The summed E-state index contributed by atoms with van der Waals surface area (Å²) in [6.07, 6.45) is 0.435. The lowest BCUT2D eigenvalue weighted by atomic mass is 10.1. The van der Waals surface area contributed by atoms with Crippen LogP contribution in [-0.4, -0.2) is 38.5 Å². The van der Waals surface area contributed by atoms with Crippen molar-refractivity contribution in [3.05, 3.63) is 23.8 Å². The van der Waals surface area contributed by atoms with Crippen LogP contribution in [0.1, 0.15) is 12.0 Å². The van der Waals surface area contributed by atoms with Gasteiger partial charge in [0.15, 0.2) is 11.5 Å². The molecule has 1 amide bonds. The van der Waals surface area contributed by atoms with Crippen LogP contribution in [0.15, 0.2) is 18.2 Å². The van der Waals surface area contributed by atoms with Crippen LogP contribution < -0.4 is 20.1 Å². The Labute approximate surface area is 117 Å². The maximum Gasteiger partial charge on any atom is 0.231 e. The highest BCUT2D eigenvalue weighted by Gasteiger charge is 2.17. The van der Waals surface area contributed by atoms with Crippen LogP contribution >= 0.6 is 0 Å². The molecule has 1 fully saturated rings. The number of fused-ring (bicyclic) bond motifs is 1. The Morgan fingerprint density at radius 1 is 1.35 bits per heavy atom. The van der Waals surface area contributed by atoms with E-state index >= 15 is 0 Å². The van der Waals surface area contributed by atoms with Crippen LogP contribution in [0.25, 0.3) is 0 Å². The summed E-state index contributed by atoms with van der Waals surface area (Å²) in [5, 5.41) is 6.17. The molecule has 108 valence electrons. The van der Waals surface area contributed by atoms with Gasteiger partial charge in [-0.1, -0.05) is 6.07 Å². The third-order valence-corrected chi connectivity index (χ3v) is 3.36. The fourth-order valence-electron chi connectivity index (χ4n) is 2.30. The molecule has 0 aromatic heterocycles. The first-order valence-electron chi connectivity index (χ1n) is 6.77. The number of hydrogen-bond acceptors (Lipinski definition) is 5. The number of ether oxygens (including phenoxy) is 3. The molecule has 2 aliphatic heterocycles. The number of carbonyl (C=O) groups excluding carboxylic acids is 1. The second-order valence-electron chi connectivity index (χ2n) is 4.89. The molecule has 2 aliphatic rings. The molecule has 3 rings (SSSR count). The minimum absolute atomic E-state index is 0.0191. The molecule has 1 aromatic rings. The third-order valence-electron chi connectivity index (χ3n) is 3.36. The molecule has 0 spiro atoms. The lowest BCUT2D eigenvalue weighted by molar-refractivity contribution is -0.122. The van der Waals surface area contributed by atoms with Gasteiger partial charge in [-0.05, 0) is 17.7 Å². The third kappa shape index (κ3) is 3.20. The van der Waals surface area contributed by atoms with Crippen molar-refractivity contribution in [1.82, 2.24) is 10.6 Å². The predicted molar refractivity (Wildman–Crippen MR) is 71.6 cm³/mol. The van der Waals surface area contributed by atoms with Crippen molar-refractivity contribution in [3.8, 4) is 11.5 Å². The van der Waals surface area contributed by atoms with E-state index in [0.717, 1.165) is 30.2 Å². The number of hydrogen-bond donors (Lipinski definition) is 2. The SMILES string of the molecule is O=C(C[C@@H]1COCCN1)NCc1ccc2c(c1)OCO2. The number of carbonyl (C=O) groups is 1. The average Bonchev–Trinajstić information content (AvgIpc) is 2.93. The van der Waals surface area contributed by atoms with E-state index in [1.165, 1.54) is 0 Å². The fourth-order valence-corrected chi connectivity index (χ4v) is 2.30. The van der Waals surface area contributed by atoms with Gasteiger partial charge in [0.2, 0.25) is 12.7 Å². The van der Waals surface area contributed by atoms with Crippen LogP contribution in [0.2, 0.25) is 0 Å². The van der Waals surface area contributed by atoms with E-state index < -0.39 is 0 Å². The molecule has 0 saturated carbocycles. The zero-order valence-corrected chi connectivity index (χ0v) is 11.2. The summed E-state index contributed by atoms with van der Waals surface area (Å²) >= 11 is 0. The highest BCUT2D eigenvalue weighted by molar-refractivity contribution is 5.76. The lowest BCUT2D eigenvalue weighted by Gasteiger charge is -2.23. The quantitative estimate of drug-likeness (QED) is 0.835. The largest absolute Gasteiger partial charge is 0.454 e. The molecule has 0 aliphatic carbocycles. The van der Waals surface area contributed by atoms with Crippen molar-refractivity contribution >= 4 is 5.91 Å². The molecule has 1 atom stereocenters. The Morgan fingerprint density at radius 2 is 2.25 bits per heavy atom. The topological polar surface area (TPSA) is 68.8 Å². The summed E-state index contributed by atoms with van der Waals surface area (Å²) in [5.74, 6) is 1.51. The van der Waals surface area contributed by atoms with Gasteiger partial charge < -0.3 is 24.8 Å². The standard InChI is InChI=1S/C14H18N2O4/c17-14(6-11-8-18-4-3-15-11)16-7-10-1-2-12-13(5-10)20-9-19-12/h1-2,5,11,15H,3-4,6-9H2,(H,16,17)/t11-/m1/s1. The molecule has 0 unspecified atom stereocenters. The van der Waals surface area contributed by atoms with Gasteiger partial charge >= 0.3 is 0 Å². The van der Waals surface area contributed by atoms with Crippen LogP contribution in [0.5, 0.6) is 11.5 Å². The number of amides is 1. The van der Waals surface area contributed by atoms with Gasteiger partial charge in [-0.25, -0.2) is 0 Å². The predicted octanol–water partition coefficient (Wildman–Crippen LogP) is 0.410. The summed E-state index contributed by atoms with van der Waals surface area (Å²) in [7, 11) is 0. The maximum absolute atomic E-state index is 11.9. The van der Waals surface area contributed by atoms with Crippen LogP contribution in [0.3, 0.4) is 0 Å². The van der Waals surface area contributed by atoms with Gasteiger partial charge in [0.1, 0.15) is 0 Å². The van der Waals surface area contributed by atoms with E-state index in [2.05, 4.69) is 10.6 Å². The van der Waals surface area contributed by atoms with E-state index in [-0.39, 0.29) is 18.7 Å². The molecule has 2 heterocycles. The molecule has 1 saturated heterocycles. The Kier molecular flexibility index (Phi) is 4.03. The first-order chi connectivity index (χ1) is 9.81. The Balaban J connectivity index is 1.47. The Bertz CT molecular complexity index is 486. The monoisotopic (exact) mass is 278 g/mol. The number of rotatable bonds is 4. The number of nitrogens with one attached hydrogen (secondary N) is 2. The van der Waals surface area contributed by atoms with Crippen LogP contribution in [0, 0.1) is 0 Å². The molecule has 2 N–H and O–H groups in total. The molecule has 1 aromatic carbocycles. The van der Waals surface area contributed by atoms with E-state index in [4.69, 9.17) is 14.2 Å². The zero-order valence-electron chi connectivity index (χ0n) is 11.2. The second-order valence-corrected chi connectivity index (χ2v) is 4.89. The Morgan fingerprint density at radius 3 is 3.10 bits per heavy atom. The van der Waals surface area contributed by atoms with Crippen molar-refractivity contribution in [2.24, 2.45) is 0 Å². The zero-order chi connectivity index (χ0) is 13.8. The molecule has 6 nitrogen and oxygen atoms in total. The summed E-state index contributed by atoms with van der Waals surface area (Å²) < 4.78 is 15.9. The van der Waals surface area contributed by atoms with Crippen LogP contribution in [0.4, 0.5) is 0 Å². The molecular weight excluding hydrogens is 260 g/mol. The Hall–Kier alpha value is -1.79. The molecule has 20 heavy (non-hydrogen) atoms. The van der Waals surface area contributed by atoms with E-state index in [1.807, 2.05) is 18.2 Å². The summed E-state index contributed by atoms with van der Waals surface area (Å²) in [5.41, 5.74) is 0.996. The van der Waals surface area contributed by atoms with Gasteiger partial charge in [0.05, 0.1) is 13.2 Å². The normalized spacial score (nSPS) is 20.7. The smallest absolute Gasteiger partial charge is 0.231 e. The number of morpholine rings is 1. The second kappa shape index (κ2) is 6.11. The molecule has 0 radical (unpaired) electrons. The number of benzene rings is 1. The first-order valence-corrected chi connectivity index (χ1v) is 6.77. The highest BCUT2D eigenvalue weighted by atomic mass is 16.7. The van der Waals surface area contributed by atoms with Gasteiger partial charge in [0, 0.05) is 25.6 Å². The molecular formula is C14H18N2O4. The molecule has 6 heteroatoms. The van der Waals surface area contributed by atoms with Crippen molar-refractivity contribution in [3.63, 3.8) is 0 Å². The van der Waals surface area contributed by atoms with Gasteiger partial charge in [-0.15, -0.1) is 0 Å². The minimum Gasteiger partial charge on any atom is -0.454 e. The molecule has 0 bridgehead atoms. The highest BCUT2D eigenvalue weighted by Crippen LogP contribution is 2.32. The summed E-state index contributed by atoms with van der Waals surface area (Å²) in [6, 6.07) is 5.79. The fraction of sp³-hybridized carbons (Fsp3) is 0.500. The van der Waals surface area contributed by atoms with Gasteiger partial charge in [-0.2, -0.15) is 0 Å². The lowest BCUT2D eigenvalue weighted by Crippen LogP contribution is -2.44. The van der Waals surface area contributed by atoms with Crippen molar-refractivity contribution in [1.29, 1.82) is 0 Å². The van der Waals surface area contributed by atoms with Gasteiger partial charge in [-0.3, -0.25) is 4.79 Å². The van der Waals surface area contributed by atoms with Crippen LogP contribution in [-0.2, 0) is 16.1 Å². The van der Waals surface area contributed by atoms with E-state index in [9.17, 15) is 4.79 Å². The van der Waals surface area contributed by atoms with Crippen molar-refractivity contribution in [2.75, 3.05) is 26.6 Å². The van der Waals surface area contributed by atoms with Crippen molar-refractivity contribution < 1.29 is 19.0 Å².